The van der Waals surface area contributed by atoms with E-state index in [1.165, 1.54) is 0 Å². The molecule has 0 fully saturated rings. The molecule has 1 aliphatic heterocycles. The Hall–Kier alpha value is -2.34. The van der Waals surface area contributed by atoms with Crippen LogP contribution in [0.25, 0.3) is 0 Å². The molecule has 0 saturated carbocycles. The van der Waals surface area contributed by atoms with Crippen molar-refractivity contribution in [2.75, 3.05) is 9.62 Å². The highest BCUT2D eigenvalue weighted by Gasteiger charge is 2.34. The Morgan fingerprint density at radius 1 is 1.16 bits per heavy atom. The average molecular weight is 358 g/mol. The highest BCUT2D eigenvalue weighted by atomic mass is 32.2. The molecule has 0 saturated heterocycles. The van der Waals surface area contributed by atoms with E-state index in [1.54, 1.807) is 54.3 Å². The number of hydrogen-bond acceptors (Lipinski definition) is 3. The van der Waals surface area contributed by atoms with Gasteiger partial charge in [0.15, 0.2) is 0 Å². The van der Waals surface area contributed by atoms with E-state index in [9.17, 15) is 13.2 Å². The fraction of sp³-hybridized carbons (Fsp3) is 0.316. The summed E-state index contributed by atoms with van der Waals surface area (Å²) < 4.78 is 27.9. The number of nitrogens with one attached hydrogen (secondary N) is 1. The van der Waals surface area contributed by atoms with Crippen molar-refractivity contribution < 1.29 is 13.2 Å². The second-order valence-corrected chi connectivity index (χ2v) is 8.35. The number of fused-ring (bicyclic) bond motifs is 1. The lowest BCUT2D eigenvalue weighted by Crippen LogP contribution is -2.39. The molecule has 132 valence electrons. The summed E-state index contributed by atoms with van der Waals surface area (Å²) in [5.41, 5.74) is 2.23. The summed E-state index contributed by atoms with van der Waals surface area (Å²) in [6, 6.07) is 13.8. The highest BCUT2D eigenvalue weighted by molar-refractivity contribution is 7.92. The number of anilines is 2. The first-order valence-electron chi connectivity index (χ1n) is 8.30. The van der Waals surface area contributed by atoms with Crippen LogP contribution in [0.15, 0.2) is 53.4 Å². The van der Waals surface area contributed by atoms with Crippen molar-refractivity contribution in [3.63, 3.8) is 0 Å². The van der Waals surface area contributed by atoms with Crippen molar-refractivity contribution in [3.05, 3.63) is 54.1 Å². The Bertz CT molecular complexity index is 892. The molecule has 0 aliphatic carbocycles. The highest BCUT2D eigenvalue weighted by Crippen LogP contribution is 2.36. The molecule has 1 atom stereocenters. The summed E-state index contributed by atoms with van der Waals surface area (Å²) in [6.45, 7) is 5.69. The molecule has 5 nitrogen and oxygen atoms in total. The zero-order valence-corrected chi connectivity index (χ0v) is 15.4. The van der Waals surface area contributed by atoms with Gasteiger partial charge in [0, 0.05) is 24.3 Å². The van der Waals surface area contributed by atoms with Crippen molar-refractivity contribution in [2.24, 2.45) is 5.92 Å². The summed E-state index contributed by atoms with van der Waals surface area (Å²) in [4.78, 5) is 14.0. The molecule has 1 unspecified atom stereocenters. The van der Waals surface area contributed by atoms with Crippen molar-refractivity contribution in [1.82, 2.24) is 0 Å². The van der Waals surface area contributed by atoms with Crippen molar-refractivity contribution >= 4 is 27.3 Å². The molecule has 1 heterocycles. The van der Waals surface area contributed by atoms with Gasteiger partial charge in [-0.05, 0) is 48.2 Å². The zero-order chi connectivity index (χ0) is 18.2. The summed E-state index contributed by atoms with van der Waals surface area (Å²) in [7, 11) is -3.66. The number of carbonyl (C=O) groups is 1. The SMILES string of the molecule is CC(=O)N1c2ccc(S(=O)(=O)Nc3ccccc3)cc2CC1C(C)C. The van der Waals surface area contributed by atoms with E-state index in [-0.39, 0.29) is 16.8 Å². The van der Waals surface area contributed by atoms with Gasteiger partial charge >= 0.3 is 0 Å². The van der Waals surface area contributed by atoms with Crippen LogP contribution in [0, 0.1) is 5.92 Å². The lowest BCUT2D eigenvalue weighted by molar-refractivity contribution is -0.117. The van der Waals surface area contributed by atoms with Crippen LogP contribution >= 0.6 is 0 Å². The van der Waals surface area contributed by atoms with Crippen LogP contribution < -0.4 is 9.62 Å². The number of hydrogen-bond donors (Lipinski definition) is 1. The van der Waals surface area contributed by atoms with E-state index < -0.39 is 10.0 Å². The Morgan fingerprint density at radius 2 is 1.84 bits per heavy atom. The minimum absolute atomic E-state index is 0.0181. The molecule has 0 aromatic heterocycles. The smallest absolute Gasteiger partial charge is 0.261 e. The molecule has 2 aromatic rings. The van der Waals surface area contributed by atoms with Gasteiger partial charge in [0.2, 0.25) is 5.91 Å². The molecule has 1 amide bonds. The van der Waals surface area contributed by atoms with Gasteiger partial charge in [-0.15, -0.1) is 0 Å². The lowest BCUT2D eigenvalue weighted by atomic mass is 10.00. The first-order valence-corrected chi connectivity index (χ1v) is 9.78. The molecule has 2 aromatic carbocycles. The van der Waals surface area contributed by atoms with Crippen LogP contribution in [0.3, 0.4) is 0 Å². The number of rotatable bonds is 4. The van der Waals surface area contributed by atoms with Gasteiger partial charge in [-0.25, -0.2) is 8.42 Å². The van der Waals surface area contributed by atoms with Crippen LogP contribution in [0.1, 0.15) is 26.3 Å². The predicted octanol–water partition coefficient (Wildman–Crippen LogP) is 3.42. The van der Waals surface area contributed by atoms with E-state index >= 15 is 0 Å². The summed E-state index contributed by atoms with van der Waals surface area (Å²) >= 11 is 0. The second kappa shape index (κ2) is 6.52. The molecule has 6 heteroatoms. The summed E-state index contributed by atoms with van der Waals surface area (Å²) in [6.07, 6.45) is 0.668. The van der Waals surface area contributed by atoms with Gasteiger partial charge in [-0.1, -0.05) is 32.0 Å². The third-order valence-corrected chi connectivity index (χ3v) is 5.90. The molecule has 1 N–H and O–H groups in total. The molecular formula is C19H22N2O3S. The molecule has 0 bridgehead atoms. The quantitative estimate of drug-likeness (QED) is 0.911. The van der Waals surface area contributed by atoms with Crippen LogP contribution in [0.4, 0.5) is 11.4 Å². The maximum Gasteiger partial charge on any atom is 0.261 e. The maximum absolute atomic E-state index is 12.6. The van der Waals surface area contributed by atoms with Crippen LogP contribution in [0.2, 0.25) is 0 Å². The second-order valence-electron chi connectivity index (χ2n) is 6.67. The van der Waals surface area contributed by atoms with Gasteiger partial charge in [-0.3, -0.25) is 9.52 Å². The number of sulfonamides is 1. The van der Waals surface area contributed by atoms with Gasteiger partial charge in [-0.2, -0.15) is 0 Å². The van der Waals surface area contributed by atoms with E-state index in [2.05, 4.69) is 18.6 Å². The average Bonchev–Trinajstić information content (AvgIpc) is 2.94. The van der Waals surface area contributed by atoms with Crippen molar-refractivity contribution in [1.29, 1.82) is 0 Å². The topological polar surface area (TPSA) is 66.5 Å². The zero-order valence-electron chi connectivity index (χ0n) is 14.6. The van der Waals surface area contributed by atoms with Crippen molar-refractivity contribution in [3.8, 4) is 0 Å². The van der Waals surface area contributed by atoms with Gasteiger partial charge < -0.3 is 4.90 Å². The molecular weight excluding hydrogens is 336 g/mol. The Labute approximate surface area is 148 Å². The number of nitrogens with zero attached hydrogens (tertiary/aromatic N) is 1. The van der Waals surface area contributed by atoms with E-state index in [4.69, 9.17) is 0 Å². The lowest BCUT2D eigenvalue weighted by Gasteiger charge is -2.27. The fourth-order valence-electron chi connectivity index (χ4n) is 3.28. The van der Waals surface area contributed by atoms with E-state index in [0.717, 1.165) is 11.3 Å². The molecule has 25 heavy (non-hydrogen) atoms. The van der Waals surface area contributed by atoms with Gasteiger partial charge in [0.25, 0.3) is 10.0 Å². The minimum Gasteiger partial charge on any atom is -0.309 e. The molecule has 1 aliphatic rings. The number of amides is 1. The van der Waals surface area contributed by atoms with Crippen molar-refractivity contribution in [2.45, 2.75) is 38.1 Å². The predicted molar refractivity (Wildman–Crippen MR) is 99.2 cm³/mol. The Kier molecular flexibility index (Phi) is 4.56. The third-order valence-electron chi connectivity index (χ3n) is 4.52. The first-order chi connectivity index (χ1) is 11.8. The molecule has 3 rings (SSSR count). The Morgan fingerprint density at radius 3 is 2.44 bits per heavy atom. The van der Waals surface area contributed by atoms with Gasteiger partial charge in [0.05, 0.1) is 4.90 Å². The van der Waals surface area contributed by atoms with Crippen LogP contribution in [0.5, 0.6) is 0 Å². The summed E-state index contributed by atoms with van der Waals surface area (Å²) in [5.74, 6) is 0.272. The number of benzene rings is 2. The normalized spacial score (nSPS) is 16.8. The van der Waals surface area contributed by atoms with Gasteiger partial charge in [0.1, 0.15) is 0 Å². The minimum atomic E-state index is -3.66. The maximum atomic E-state index is 12.6. The standard InChI is InChI=1S/C19H22N2O3S/c1-13(2)19-12-15-11-17(9-10-18(15)21(19)14(3)22)25(23,24)20-16-7-5-4-6-8-16/h4-11,13,19-20H,12H2,1-3H3. The van der Waals surface area contributed by atoms with E-state index in [0.29, 0.717) is 18.0 Å². The largest absolute Gasteiger partial charge is 0.309 e. The monoisotopic (exact) mass is 358 g/mol. The first kappa shape index (κ1) is 17.5. The third kappa shape index (κ3) is 3.39. The van der Waals surface area contributed by atoms with Crippen LogP contribution in [-0.4, -0.2) is 20.4 Å². The number of carbonyl (C=O) groups excluding carboxylic acids is 1. The summed E-state index contributed by atoms with van der Waals surface area (Å²) in [5, 5.41) is 0. The number of para-hydroxylation sites is 1. The Balaban J connectivity index is 1.95. The molecule has 0 spiro atoms. The van der Waals surface area contributed by atoms with Crippen LogP contribution in [-0.2, 0) is 21.2 Å². The van der Waals surface area contributed by atoms with E-state index in [1.807, 2.05) is 6.07 Å². The fourth-order valence-corrected chi connectivity index (χ4v) is 4.39. The molecule has 0 radical (unpaired) electrons.